The van der Waals surface area contributed by atoms with Gasteiger partial charge in [-0.25, -0.2) is 9.48 Å². The Kier molecular flexibility index (Phi) is 6.36. The molecule has 4 rings (SSSR count). The van der Waals surface area contributed by atoms with Gasteiger partial charge in [-0.1, -0.05) is 53.5 Å². The number of amides is 1. The number of anilines is 1. The molecule has 2 aromatic heterocycles. The largest absolute Gasteiger partial charge is 0.451 e. The van der Waals surface area contributed by atoms with Crippen LogP contribution in [0.4, 0.5) is 5.69 Å². The number of thiophene rings is 1. The standard InChI is InChI=1S/C22H15Cl2N3O3S/c23-15-8-4-9-16(21(15)24)25-20(28)13-30-22(29)18-12-17(19-10-5-11-31-19)26-27(18)14-6-2-1-3-7-14/h1-12H,13H2,(H,25,28). The smallest absolute Gasteiger partial charge is 0.357 e. The molecule has 0 saturated heterocycles. The van der Waals surface area contributed by atoms with Crippen LogP contribution in [-0.2, 0) is 9.53 Å². The number of hydrogen-bond acceptors (Lipinski definition) is 5. The Morgan fingerprint density at radius 1 is 1.03 bits per heavy atom. The average molecular weight is 472 g/mol. The number of carbonyl (C=O) groups excluding carboxylic acids is 2. The summed E-state index contributed by atoms with van der Waals surface area (Å²) in [7, 11) is 0. The minimum atomic E-state index is -0.675. The van der Waals surface area contributed by atoms with Crippen LogP contribution >= 0.6 is 34.5 Å². The fraction of sp³-hybridized carbons (Fsp3) is 0.0455. The summed E-state index contributed by atoms with van der Waals surface area (Å²) in [5, 5.41) is 9.59. The molecule has 0 aliphatic heterocycles. The molecule has 0 saturated carbocycles. The minimum Gasteiger partial charge on any atom is -0.451 e. The average Bonchev–Trinajstić information content (AvgIpc) is 3.46. The van der Waals surface area contributed by atoms with Gasteiger partial charge < -0.3 is 10.1 Å². The van der Waals surface area contributed by atoms with Crippen molar-refractivity contribution in [1.29, 1.82) is 0 Å². The number of nitrogens with one attached hydrogen (secondary N) is 1. The Morgan fingerprint density at radius 2 is 1.84 bits per heavy atom. The van der Waals surface area contributed by atoms with Gasteiger partial charge in [-0.15, -0.1) is 11.3 Å². The summed E-state index contributed by atoms with van der Waals surface area (Å²) < 4.78 is 6.74. The third-order valence-electron chi connectivity index (χ3n) is 4.25. The highest BCUT2D eigenvalue weighted by molar-refractivity contribution is 7.13. The Bertz CT molecular complexity index is 1220. The van der Waals surface area contributed by atoms with Gasteiger partial charge in [0.1, 0.15) is 5.69 Å². The fourth-order valence-corrected chi connectivity index (χ4v) is 3.86. The first-order chi connectivity index (χ1) is 15.0. The first kappa shape index (κ1) is 21.1. The van der Waals surface area contributed by atoms with Crippen molar-refractivity contribution in [3.63, 3.8) is 0 Å². The molecule has 6 nitrogen and oxygen atoms in total. The van der Waals surface area contributed by atoms with E-state index in [4.69, 9.17) is 27.9 Å². The first-order valence-electron chi connectivity index (χ1n) is 9.13. The fourth-order valence-electron chi connectivity index (χ4n) is 2.83. The van der Waals surface area contributed by atoms with E-state index in [-0.39, 0.29) is 10.7 Å². The van der Waals surface area contributed by atoms with E-state index >= 15 is 0 Å². The SMILES string of the molecule is O=C(COC(=O)c1cc(-c2cccs2)nn1-c1ccccc1)Nc1cccc(Cl)c1Cl. The van der Waals surface area contributed by atoms with Crippen LogP contribution in [-0.4, -0.2) is 28.3 Å². The molecule has 31 heavy (non-hydrogen) atoms. The maximum absolute atomic E-state index is 12.8. The number of rotatable bonds is 6. The van der Waals surface area contributed by atoms with Crippen LogP contribution < -0.4 is 5.32 Å². The molecule has 2 heterocycles. The lowest BCUT2D eigenvalue weighted by atomic mass is 10.3. The highest BCUT2D eigenvalue weighted by Gasteiger charge is 2.20. The molecule has 1 amide bonds. The molecule has 0 fully saturated rings. The van der Waals surface area contributed by atoms with Crippen LogP contribution in [0.1, 0.15) is 10.5 Å². The van der Waals surface area contributed by atoms with Crippen molar-refractivity contribution in [3.8, 4) is 16.3 Å². The monoisotopic (exact) mass is 471 g/mol. The van der Waals surface area contributed by atoms with Gasteiger partial charge >= 0.3 is 5.97 Å². The molecular weight excluding hydrogens is 457 g/mol. The van der Waals surface area contributed by atoms with Gasteiger partial charge in [0.2, 0.25) is 0 Å². The Labute approximate surface area is 192 Å². The second-order valence-corrected chi connectivity index (χ2v) is 8.10. The molecule has 1 N–H and O–H groups in total. The van der Waals surface area contributed by atoms with Crippen molar-refractivity contribution < 1.29 is 14.3 Å². The Hall–Kier alpha value is -3.13. The maximum atomic E-state index is 12.8. The van der Waals surface area contributed by atoms with E-state index in [0.717, 1.165) is 4.88 Å². The van der Waals surface area contributed by atoms with Gasteiger partial charge in [0.25, 0.3) is 5.91 Å². The zero-order valence-corrected chi connectivity index (χ0v) is 18.2. The van der Waals surface area contributed by atoms with Crippen LogP contribution in [0.15, 0.2) is 72.1 Å². The third-order valence-corrected chi connectivity index (χ3v) is 5.96. The zero-order chi connectivity index (χ0) is 21.8. The number of ether oxygens (including phenoxy) is 1. The van der Waals surface area contributed by atoms with Crippen LogP contribution in [0.25, 0.3) is 16.3 Å². The van der Waals surface area contributed by atoms with Gasteiger partial charge in [-0.05, 0) is 35.7 Å². The number of aromatic nitrogens is 2. The van der Waals surface area contributed by atoms with Crippen molar-refractivity contribution in [2.45, 2.75) is 0 Å². The maximum Gasteiger partial charge on any atom is 0.357 e. The van der Waals surface area contributed by atoms with Crippen molar-refractivity contribution >= 4 is 52.1 Å². The van der Waals surface area contributed by atoms with Crippen LogP contribution in [0, 0.1) is 0 Å². The number of hydrogen-bond donors (Lipinski definition) is 1. The number of esters is 1. The summed E-state index contributed by atoms with van der Waals surface area (Å²) in [6.45, 7) is -0.490. The lowest BCUT2D eigenvalue weighted by molar-refractivity contribution is -0.119. The summed E-state index contributed by atoms with van der Waals surface area (Å²) in [5.74, 6) is -1.21. The van der Waals surface area contributed by atoms with E-state index in [2.05, 4.69) is 10.4 Å². The molecule has 2 aromatic carbocycles. The number of halogens is 2. The molecule has 0 unspecified atom stereocenters. The van der Waals surface area contributed by atoms with E-state index in [0.29, 0.717) is 22.1 Å². The third kappa shape index (κ3) is 4.80. The molecule has 0 radical (unpaired) electrons. The predicted octanol–water partition coefficient (Wildman–Crippen LogP) is 5.70. The van der Waals surface area contributed by atoms with Crippen LogP contribution in [0.5, 0.6) is 0 Å². The lowest BCUT2D eigenvalue weighted by Gasteiger charge is -2.09. The lowest BCUT2D eigenvalue weighted by Crippen LogP contribution is -2.22. The molecule has 156 valence electrons. The molecule has 0 spiro atoms. The van der Waals surface area contributed by atoms with Gasteiger partial charge in [-0.3, -0.25) is 4.79 Å². The number of benzene rings is 2. The van der Waals surface area contributed by atoms with Gasteiger partial charge in [0.05, 0.1) is 26.3 Å². The minimum absolute atomic E-state index is 0.211. The van der Waals surface area contributed by atoms with Gasteiger partial charge in [0.15, 0.2) is 12.3 Å². The number of nitrogens with zero attached hydrogens (tertiary/aromatic N) is 2. The van der Waals surface area contributed by atoms with Crippen LogP contribution in [0.3, 0.4) is 0 Å². The van der Waals surface area contributed by atoms with E-state index < -0.39 is 18.5 Å². The van der Waals surface area contributed by atoms with Crippen molar-refractivity contribution in [1.82, 2.24) is 9.78 Å². The quantitative estimate of drug-likeness (QED) is 0.365. The van der Waals surface area contributed by atoms with Crippen molar-refractivity contribution in [2.24, 2.45) is 0 Å². The van der Waals surface area contributed by atoms with Crippen molar-refractivity contribution in [2.75, 3.05) is 11.9 Å². The summed E-state index contributed by atoms with van der Waals surface area (Å²) in [6, 6.07) is 19.6. The normalized spacial score (nSPS) is 10.6. The number of para-hydroxylation sites is 1. The molecule has 0 atom stereocenters. The molecule has 0 aliphatic carbocycles. The first-order valence-corrected chi connectivity index (χ1v) is 10.8. The summed E-state index contributed by atoms with van der Waals surface area (Å²) in [5.41, 5.74) is 1.89. The highest BCUT2D eigenvalue weighted by atomic mass is 35.5. The number of carbonyl (C=O) groups is 2. The Morgan fingerprint density at radius 3 is 2.58 bits per heavy atom. The highest BCUT2D eigenvalue weighted by Crippen LogP contribution is 2.29. The molecule has 4 aromatic rings. The zero-order valence-electron chi connectivity index (χ0n) is 15.9. The molecule has 9 heteroatoms. The van der Waals surface area contributed by atoms with Gasteiger partial charge in [-0.2, -0.15) is 5.10 Å². The summed E-state index contributed by atoms with van der Waals surface area (Å²) in [4.78, 5) is 26.0. The topological polar surface area (TPSA) is 73.2 Å². The van der Waals surface area contributed by atoms with Crippen molar-refractivity contribution in [3.05, 3.63) is 87.8 Å². The van der Waals surface area contributed by atoms with E-state index in [9.17, 15) is 9.59 Å². The van der Waals surface area contributed by atoms with Gasteiger partial charge in [0, 0.05) is 6.07 Å². The molecule has 0 aliphatic rings. The van der Waals surface area contributed by atoms with Crippen LogP contribution in [0.2, 0.25) is 10.0 Å². The Balaban J connectivity index is 1.52. The predicted molar refractivity (Wildman–Crippen MR) is 122 cm³/mol. The van der Waals surface area contributed by atoms with E-state index in [1.165, 1.54) is 16.0 Å². The second-order valence-electron chi connectivity index (χ2n) is 6.37. The van der Waals surface area contributed by atoms with E-state index in [1.807, 2.05) is 47.8 Å². The molecular formula is C22H15Cl2N3O3S. The summed E-state index contributed by atoms with van der Waals surface area (Å²) >= 11 is 13.5. The molecule has 0 bridgehead atoms. The summed E-state index contributed by atoms with van der Waals surface area (Å²) in [6.07, 6.45) is 0. The van der Waals surface area contributed by atoms with E-state index in [1.54, 1.807) is 24.3 Å². The second kappa shape index (κ2) is 9.34.